The van der Waals surface area contributed by atoms with E-state index in [4.69, 9.17) is 18.6 Å². The van der Waals surface area contributed by atoms with Gasteiger partial charge >= 0.3 is 5.97 Å². The third-order valence-corrected chi connectivity index (χ3v) is 5.72. The minimum absolute atomic E-state index is 0.0458. The second kappa shape index (κ2) is 16.6. The molecule has 1 saturated heterocycles. The summed E-state index contributed by atoms with van der Waals surface area (Å²) in [5.74, 6) is -0.535. The second-order valence-corrected chi connectivity index (χ2v) is 8.43. The van der Waals surface area contributed by atoms with Crippen molar-refractivity contribution in [1.29, 1.82) is 0 Å². The molecule has 1 fully saturated rings. The summed E-state index contributed by atoms with van der Waals surface area (Å²) in [6.07, 6.45) is 15.5. The maximum absolute atomic E-state index is 12.1. The van der Waals surface area contributed by atoms with E-state index in [9.17, 15) is 9.59 Å². The van der Waals surface area contributed by atoms with Gasteiger partial charge in [-0.05, 0) is 12.5 Å². The number of hydrogen-bond donors (Lipinski definition) is 0. The summed E-state index contributed by atoms with van der Waals surface area (Å²) in [4.78, 5) is 25.7. The lowest BCUT2D eigenvalue weighted by atomic mass is 10.1. The van der Waals surface area contributed by atoms with Gasteiger partial charge in [0.25, 0.3) is 11.9 Å². The summed E-state index contributed by atoms with van der Waals surface area (Å²) in [6, 6.07) is 3.13. The fourth-order valence-electron chi connectivity index (χ4n) is 3.73. The van der Waals surface area contributed by atoms with Gasteiger partial charge in [0.15, 0.2) is 6.61 Å². The first kappa shape index (κ1) is 26.2. The van der Waals surface area contributed by atoms with Gasteiger partial charge in [-0.1, -0.05) is 77.6 Å². The molecule has 7 nitrogen and oxygen atoms in total. The van der Waals surface area contributed by atoms with Crippen LogP contribution in [0.3, 0.4) is 0 Å². The summed E-state index contributed by atoms with van der Waals surface area (Å²) in [5, 5.41) is 0. The van der Waals surface area contributed by atoms with Crippen molar-refractivity contribution >= 4 is 11.9 Å². The summed E-state index contributed by atoms with van der Waals surface area (Å²) < 4.78 is 21.2. The molecule has 0 atom stereocenters. The topological polar surface area (TPSA) is 78.2 Å². The SMILES string of the molecule is CCCCCCCCCCCCCCOc1ccc(C(=O)OCC(=O)N2CCOCC2)o1. The molecule has 2 heterocycles. The lowest BCUT2D eigenvalue weighted by Gasteiger charge is -2.26. The molecule has 1 aromatic heterocycles. The van der Waals surface area contributed by atoms with E-state index in [1.807, 2.05) is 0 Å². The number of nitrogens with zero attached hydrogens (tertiary/aromatic N) is 1. The smallest absolute Gasteiger partial charge is 0.374 e. The molecule has 0 aromatic carbocycles. The fourth-order valence-corrected chi connectivity index (χ4v) is 3.73. The first-order valence-corrected chi connectivity index (χ1v) is 12.5. The maximum Gasteiger partial charge on any atom is 0.374 e. The molecule has 0 bridgehead atoms. The molecule has 7 heteroatoms. The van der Waals surface area contributed by atoms with Crippen molar-refractivity contribution in [1.82, 2.24) is 4.90 Å². The molecule has 0 saturated carbocycles. The third kappa shape index (κ3) is 11.0. The van der Waals surface area contributed by atoms with Crippen LogP contribution in [0.2, 0.25) is 0 Å². The summed E-state index contributed by atoms with van der Waals surface area (Å²) in [7, 11) is 0. The van der Waals surface area contributed by atoms with Crippen molar-refractivity contribution < 1.29 is 28.2 Å². The minimum Gasteiger partial charge on any atom is -0.465 e. The van der Waals surface area contributed by atoms with Gasteiger partial charge in [-0.15, -0.1) is 0 Å². The number of hydrogen-bond acceptors (Lipinski definition) is 6. The largest absolute Gasteiger partial charge is 0.465 e. The molecular weight excluding hydrogens is 410 g/mol. The zero-order valence-corrected chi connectivity index (χ0v) is 19.8. The Bertz CT molecular complexity index is 638. The Morgan fingerprint density at radius 2 is 1.47 bits per heavy atom. The van der Waals surface area contributed by atoms with Crippen molar-refractivity contribution in [2.24, 2.45) is 0 Å². The molecule has 0 aliphatic carbocycles. The third-order valence-electron chi connectivity index (χ3n) is 5.72. The number of unbranched alkanes of at least 4 members (excludes halogenated alkanes) is 11. The lowest BCUT2D eigenvalue weighted by molar-refractivity contribution is -0.138. The van der Waals surface area contributed by atoms with Crippen molar-refractivity contribution in [3.63, 3.8) is 0 Å². The van der Waals surface area contributed by atoms with Gasteiger partial charge in [-0.2, -0.15) is 0 Å². The van der Waals surface area contributed by atoms with Gasteiger partial charge in [0, 0.05) is 19.2 Å². The molecule has 2 rings (SSSR count). The number of esters is 1. The highest BCUT2D eigenvalue weighted by Gasteiger charge is 2.20. The molecule has 0 unspecified atom stereocenters. The Morgan fingerprint density at radius 1 is 0.875 bits per heavy atom. The zero-order valence-electron chi connectivity index (χ0n) is 19.8. The Morgan fingerprint density at radius 3 is 2.09 bits per heavy atom. The number of rotatable bonds is 17. The lowest BCUT2D eigenvalue weighted by Crippen LogP contribution is -2.42. The van der Waals surface area contributed by atoms with Gasteiger partial charge in [0.2, 0.25) is 5.76 Å². The molecule has 1 aliphatic heterocycles. The van der Waals surface area contributed by atoms with Crippen LogP contribution >= 0.6 is 0 Å². The quantitative estimate of drug-likeness (QED) is 0.234. The van der Waals surface area contributed by atoms with Crippen LogP contribution in [-0.2, 0) is 14.3 Å². The molecular formula is C25H41NO6. The molecule has 0 N–H and O–H groups in total. The number of furan rings is 1. The molecule has 1 amide bonds. The van der Waals surface area contributed by atoms with Crippen LogP contribution in [0.1, 0.15) is 94.5 Å². The Labute approximate surface area is 192 Å². The number of morpholine rings is 1. The van der Waals surface area contributed by atoms with Crippen LogP contribution in [0.15, 0.2) is 16.5 Å². The highest BCUT2D eigenvalue weighted by Crippen LogP contribution is 2.18. The van der Waals surface area contributed by atoms with E-state index in [1.54, 1.807) is 11.0 Å². The average Bonchev–Trinajstić information content (AvgIpc) is 3.30. The molecule has 1 aromatic rings. The van der Waals surface area contributed by atoms with Gasteiger partial charge in [-0.25, -0.2) is 4.79 Å². The Kier molecular flexibility index (Phi) is 13.6. The van der Waals surface area contributed by atoms with Crippen LogP contribution in [-0.4, -0.2) is 56.3 Å². The molecule has 32 heavy (non-hydrogen) atoms. The van der Waals surface area contributed by atoms with E-state index >= 15 is 0 Å². The summed E-state index contributed by atoms with van der Waals surface area (Å²) in [5.41, 5.74) is 0. The number of amides is 1. The monoisotopic (exact) mass is 451 g/mol. The van der Waals surface area contributed by atoms with Crippen LogP contribution in [0.5, 0.6) is 5.95 Å². The normalized spacial score (nSPS) is 13.8. The fraction of sp³-hybridized carbons (Fsp3) is 0.760. The highest BCUT2D eigenvalue weighted by atomic mass is 16.6. The van der Waals surface area contributed by atoms with E-state index in [0.29, 0.717) is 38.9 Å². The number of carbonyl (C=O) groups excluding carboxylic acids is 2. The number of ether oxygens (including phenoxy) is 3. The first-order chi connectivity index (χ1) is 15.7. The van der Waals surface area contributed by atoms with Crippen LogP contribution < -0.4 is 4.74 Å². The van der Waals surface area contributed by atoms with Crippen molar-refractivity contribution in [3.8, 4) is 5.95 Å². The standard InChI is InChI=1S/C25H41NO6/c1-2-3-4-5-6-7-8-9-10-11-12-13-18-30-24-15-14-22(32-24)25(28)31-21-23(27)26-16-19-29-20-17-26/h14-15H,2-13,16-21H2,1H3. The van der Waals surface area contributed by atoms with E-state index in [-0.39, 0.29) is 18.3 Å². The summed E-state index contributed by atoms with van der Waals surface area (Å²) in [6.45, 7) is 4.59. The predicted molar refractivity (Wildman–Crippen MR) is 123 cm³/mol. The van der Waals surface area contributed by atoms with Crippen LogP contribution in [0, 0.1) is 0 Å². The van der Waals surface area contributed by atoms with Crippen LogP contribution in [0.4, 0.5) is 0 Å². The first-order valence-electron chi connectivity index (χ1n) is 12.5. The zero-order chi connectivity index (χ0) is 22.9. The molecule has 1 aliphatic rings. The van der Waals surface area contributed by atoms with Crippen molar-refractivity contribution in [2.45, 2.75) is 84.0 Å². The Balaban J connectivity index is 1.46. The van der Waals surface area contributed by atoms with Gasteiger partial charge in [0.05, 0.1) is 19.8 Å². The van der Waals surface area contributed by atoms with Crippen molar-refractivity contribution in [3.05, 3.63) is 17.9 Å². The molecule has 0 radical (unpaired) electrons. The summed E-state index contributed by atoms with van der Waals surface area (Å²) >= 11 is 0. The van der Waals surface area contributed by atoms with Crippen molar-refractivity contribution in [2.75, 3.05) is 39.5 Å². The van der Waals surface area contributed by atoms with Crippen LogP contribution in [0.25, 0.3) is 0 Å². The predicted octanol–water partition coefficient (Wildman–Crippen LogP) is 5.38. The van der Waals surface area contributed by atoms with E-state index in [0.717, 1.165) is 12.8 Å². The van der Waals surface area contributed by atoms with Gasteiger partial charge in [0.1, 0.15) is 0 Å². The average molecular weight is 452 g/mol. The van der Waals surface area contributed by atoms with E-state index in [1.165, 1.54) is 70.3 Å². The minimum atomic E-state index is -0.660. The Hall–Kier alpha value is -2.02. The molecule has 182 valence electrons. The highest BCUT2D eigenvalue weighted by molar-refractivity contribution is 5.89. The molecule has 0 spiro atoms. The van der Waals surface area contributed by atoms with E-state index in [2.05, 4.69) is 6.92 Å². The van der Waals surface area contributed by atoms with Gasteiger partial charge < -0.3 is 23.5 Å². The second-order valence-electron chi connectivity index (χ2n) is 8.43. The maximum atomic E-state index is 12.1. The van der Waals surface area contributed by atoms with Gasteiger partial charge in [-0.3, -0.25) is 4.79 Å². The van der Waals surface area contributed by atoms with E-state index < -0.39 is 5.97 Å². The number of carbonyl (C=O) groups is 2.